The summed E-state index contributed by atoms with van der Waals surface area (Å²) in [5.41, 5.74) is 0. The third-order valence-corrected chi connectivity index (χ3v) is 3.85. The van der Waals surface area contributed by atoms with Gasteiger partial charge in [0.1, 0.15) is 0 Å². The molecule has 0 aliphatic carbocycles. The Balaban J connectivity index is 2.22. The summed E-state index contributed by atoms with van der Waals surface area (Å²) in [4.78, 5) is 4.55. The zero-order valence-corrected chi connectivity index (χ0v) is 11.2. The third-order valence-electron chi connectivity index (χ3n) is 2.60. The van der Waals surface area contributed by atoms with Gasteiger partial charge in [-0.3, -0.25) is 4.99 Å². The van der Waals surface area contributed by atoms with Crippen LogP contribution in [0, 0.1) is 11.8 Å². The van der Waals surface area contributed by atoms with Crippen molar-refractivity contribution < 1.29 is 0 Å². The van der Waals surface area contributed by atoms with E-state index in [-0.39, 0.29) is 0 Å². The average Bonchev–Trinajstić information content (AvgIpc) is 2.19. The molecular formula is C12H24N2S. The number of hydrogen-bond donors (Lipinski definition) is 1. The van der Waals surface area contributed by atoms with Crippen LogP contribution in [0.3, 0.4) is 0 Å². The Morgan fingerprint density at radius 2 is 2.13 bits per heavy atom. The van der Waals surface area contributed by atoms with Gasteiger partial charge in [0.15, 0.2) is 5.17 Å². The molecule has 0 bridgehead atoms. The maximum Gasteiger partial charge on any atom is 0.156 e. The first-order valence-corrected chi connectivity index (χ1v) is 7.00. The van der Waals surface area contributed by atoms with Crippen molar-refractivity contribution in [1.82, 2.24) is 5.32 Å². The molecule has 0 amide bonds. The Labute approximate surface area is 98.3 Å². The highest BCUT2D eigenvalue weighted by Gasteiger charge is 2.13. The molecule has 1 aliphatic rings. The maximum atomic E-state index is 4.55. The highest BCUT2D eigenvalue weighted by Crippen LogP contribution is 2.16. The van der Waals surface area contributed by atoms with Gasteiger partial charge in [-0.1, -0.05) is 32.5 Å². The van der Waals surface area contributed by atoms with Gasteiger partial charge in [0.25, 0.3) is 0 Å². The van der Waals surface area contributed by atoms with Crippen LogP contribution in [0.4, 0.5) is 0 Å². The fourth-order valence-electron chi connectivity index (χ4n) is 1.51. The minimum absolute atomic E-state index is 0.562. The lowest BCUT2D eigenvalue weighted by Crippen LogP contribution is -2.33. The lowest BCUT2D eigenvalue weighted by atomic mass is 10.0. The van der Waals surface area contributed by atoms with Crippen LogP contribution in [0.5, 0.6) is 0 Å². The van der Waals surface area contributed by atoms with Gasteiger partial charge >= 0.3 is 0 Å². The molecule has 0 fully saturated rings. The SMILES string of the molecule is CC(C)CCC(C)NC1=NCC(C)CS1. The van der Waals surface area contributed by atoms with Crippen LogP contribution >= 0.6 is 11.8 Å². The molecule has 0 spiro atoms. The molecule has 0 saturated heterocycles. The highest BCUT2D eigenvalue weighted by molar-refractivity contribution is 8.13. The number of thioether (sulfide) groups is 1. The Bertz CT molecular complexity index is 214. The van der Waals surface area contributed by atoms with Crippen LogP contribution in [0.1, 0.15) is 40.5 Å². The lowest BCUT2D eigenvalue weighted by Gasteiger charge is -2.22. The van der Waals surface area contributed by atoms with E-state index in [1.165, 1.54) is 18.6 Å². The summed E-state index contributed by atoms with van der Waals surface area (Å²) in [6.07, 6.45) is 2.54. The number of nitrogens with zero attached hydrogens (tertiary/aromatic N) is 1. The van der Waals surface area contributed by atoms with E-state index in [4.69, 9.17) is 0 Å². The number of hydrogen-bond acceptors (Lipinski definition) is 3. The zero-order valence-electron chi connectivity index (χ0n) is 10.4. The minimum Gasteiger partial charge on any atom is -0.362 e. The molecule has 15 heavy (non-hydrogen) atoms. The van der Waals surface area contributed by atoms with Crippen molar-refractivity contribution in [1.29, 1.82) is 0 Å². The lowest BCUT2D eigenvalue weighted by molar-refractivity contribution is 0.493. The Kier molecular flexibility index (Phi) is 5.51. The predicted molar refractivity (Wildman–Crippen MR) is 70.6 cm³/mol. The maximum absolute atomic E-state index is 4.55. The highest BCUT2D eigenvalue weighted by atomic mass is 32.2. The average molecular weight is 228 g/mol. The summed E-state index contributed by atoms with van der Waals surface area (Å²) in [7, 11) is 0. The second-order valence-corrected chi connectivity index (χ2v) is 6.09. The van der Waals surface area contributed by atoms with Gasteiger partial charge in [-0.2, -0.15) is 0 Å². The van der Waals surface area contributed by atoms with Crippen molar-refractivity contribution in [2.45, 2.75) is 46.6 Å². The van der Waals surface area contributed by atoms with Crippen molar-refractivity contribution in [2.75, 3.05) is 12.3 Å². The second-order valence-electron chi connectivity index (χ2n) is 5.08. The third kappa shape index (κ3) is 5.45. The molecule has 1 N–H and O–H groups in total. The zero-order chi connectivity index (χ0) is 11.3. The predicted octanol–water partition coefficient (Wildman–Crippen LogP) is 3.14. The summed E-state index contributed by atoms with van der Waals surface area (Å²) in [6.45, 7) is 10.1. The van der Waals surface area contributed by atoms with E-state index in [0.29, 0.717) is 6.04 Å². The van der Waals surface area contributed by atoms with E-state index in [2.05, 4.69) is 38.0 Å². The summed E-state index contributed by atoms with van der Waals surface area (Å²) in [5, 5.41) is 4.66. The first-order valence-electron chi connectivity index (χ1n) is 6.01. The molecule has 1 rings (SSSR count). The van der Waals surface area contributed by atoms with Crippen LogP contribution in [-0.4, -0.2) is 23.5 Å². The van der Waals surface area contributed by atoms with Gasteiger partial charge in [-0.25, -0.2) is 0 Å². The van der Waals surface area contributed by atoms with Gasteiger partial charge in [0, 0.05) is 18.3 Å². The van der Waals surface area contributed by atoms with Gasteiger partial charge in [0.05, 0.1) is 0 Å². The van der Waals surface area contributed by atoms with E-state index in [1.807, 2.05) is 11.8 Å². The number of amidine groups is 1. The first-order chi connectivity index (χ1) is 7.08. The fourth-order valence-corrected chi connectivity index (χ4v) is 2.51. The Morgan fingerprint density at radius 3 is 2.67 bits per heavy atom. The van der Waals surface area contributed by atoms with Crippen molar-refractivity contribution >= 4 is 16.9 Å². The van der Waals surface area contributed by atoms with Gasteiger partial charge in [-0.15, -0.1) is 0 Å². The summed E-state index contributed by atoms with van der Waals surface area (Å²) in [6, 6.07) is 0.562. The summed E-state index contributed by atoms with van der Waals surface area (Å²) in [5.74, 6) is 2.75. The topological polar surface area (TPSA) is 24.4 Å². The van der Waals surface area contributed by atoms with Gasteiger partial charge in [0.2, 0.25) is 0 Å². The largest absolute Gasteiger partial charge is 0.362 e. The van der Waals surface area contributed by atoms with Crippen molar-refractivity contribution in [3.63, 3.8) is 0 Å². The van der Waals surface area contributed by atoms with Crippen LogP contribution in [-0.2, 0) is 0 Å². The standard InChI is InChI=1S/C12H24N2S/c1-9(2)5-6-11(4)14-12-13-7-10(3)8-15-12/h9-11H,5-8H2,1-4H3,(H,13,14). The fraction of sp³-hybridized carbons (Fsp3) is 0.917. The number of aliphatic imine (C=N–C) groups is 1. The monoisotopic (exact) mass is 228 g/mol. The Hall–Kier alpha value is -0.180. The normalized spacial score (nSPS) is 23.8. The second kappa shape index (κ2) is 6.41. The Morgan fingerprint density at radius 1 is 1.40 bits per heavy atom. The van der Waals surface area contributed by atoms with E-state index >= 15 is 0 Å². The molecule has 88 valence electrons. The summed E-state index contributed by atoms with van der Waals surface area (Å²) < 4.78 is 0. The molecule has 1 heterocycles. The van der Waals surface area contributed by atoms with Crippen LogP contribution in [0.2, 0.25) is 0 Å². The van der Waals surface area contributed by atoms with E-state index in [9.17, 15) is 0 Å². The van der Waals surface area contributed by atoms with E-state index < -0.39 is 0 Å². The van der Waals surface area contributed by atoms with Crippen LogP contribution < -0.4 is 5.32 Å². The van der Waals surface area contributed by atoms with Crippen LogP contribution in [0.15, 0.2) is 4.99 Å². The molecule has 2 nitrogen and oxygen atoms in total. The number of nitrogens with one attached hydrogen (secondary N) is 1. The smallest absolute Gasteiger partial charge is 0.156 e. The first kappa shape index (κ1) is 12.9. The molecule has 3 heteroatoms. The van der Waals surface area contributed by atoms with Crippen molar-refractivity contribution in [3.05, 3.63) is 0 Å². The quantitative estimate of drug-likeness (QED) is 0.799. The molecule has 0 radical (unpaired) electrons. The molecule has 0 saturated carbocycles. The molecule has 2 unspecified atom stereocenters. The molecule has 0 aromatic carbocycles. The molecule has 0 aromatic rings. The van der Waals surface area contributed by atoms with Crippen molar-refractivity contribution in [3.8, 4) is 0 Å². The van der Waals surface area contributed by atoms with Gasteiger partial charge < -0.3 is 5.32 Å². The minimum atomic E-state index is 0.562. The molecular weight excluding hydrogens is 204 g/mol. The molecule has 2 atom stereocenters. The molecule has 0 aromatic heterocycles. The van der Waals surface area contributed by atoms with E-state index in [0.717, 1.165) is 23.5 Å². The van der Waals surface area contributed by atoms with Crippen LogP contribution in [0.25, 0.3) is 0 Å². The number of rotatable bonds is 4. The van der Waals surface area contributed by atoms with E-state index in [1.54, 1.807) is 0 Å². The van der Waals surface area contributed by atoms with Crippen molar-refractivity contribution in [2.24, 2.45) is 16.8 Å². The van der Waals surface area contributed by atoms with Gasteiger partial charge in [-0.05, 0) is 31.6 Å². The summed E-state index contributed by atoms with van der Waals surface area (Å²) >= 11 is 1.87. The molecule has 1 aliphatic heterocycles.